The number of ether oxygens (including phenoxy) is 1. The maximum absolute atomic E-state index is 11.4. The van der Waals surface area contributed by atoms with Gasteiger partial charge in [0.05, 0.1) is 6.54 Å². The number of aliphatic hydroxyl groups is 1. The molecule has 0 aliphatic heterocycles. The molecule has 0 aromatic heterocycles. The van der Waals surface area contributed by atoms with E-state index in [2.05, 4.69) is 17.3 Å². The Hall–Kier alpha value is -1.63. The Morgan fingerprint density at radius 1 is 1.30 bits per heavy atom. The number of likely N-dealkylation sites (N-methyl/N-ethyl adjacent to an activating group) is 3. The van der Waals surface area contributed by atoms with Gasteiger partial charge in [0.1, 0.15) is 18.5 Å². The summed E-state index contributed by atoms with van der Waals surface area (Å²) in [4.78, 5) is 15.7. The normalized spacial score (nSPS) is 16.5. The predicted molar refractivity (Wildman–Crippen MR) is 108 cm³/mol. The van der Waals surface area contributed by atoms with Crippen LogP contribution in [0.15, 0.2) is 24.3 Å². The topological polar surface area (TPSA) is 65.0 Å². The Bertz CT molecular complexity index is 576. The third-order valence-electron chi connectivity index (χ3n) is 5.18. The number of rotatable bonds is 10. The third kappa shape index (κ3) is 7.87. The standard InChI is InChI=1S/C21H35N3O3/c1-22-21(26)15-23(2)13-17-8-7-11-20(12-17)27-16-19(25)14-24(3)18-9-5-4-6-10-18/h7-8,11-12,18-19,25H,4-6,9-10,13-16H2,1-3H3,(H,22,26)/t19-/m0/s1. The molecule has 0 radical (unpaired) electrons. The van der Waals surface area contributed by atoms with Crippen LogP contribution in [0.5, 0.6) is 5.75 Å². The number of nitrogens with zero attached hydrogens (tertiary/aromatic N) is 2. The molecule has 1 aliphatic rings. The van der Waals surface area contributed by atoms with Gasteiger partial charge in [0.25, 0.3) is 0 Å². The summed E-state index contributed by atoms with van der Waals surface area (Å²) in [7, 11) is 5.65. The number of benzene rings is 1. The fraction of sp³-hybridized carbons (Fsp3) is 0.667. The molecule has 2 N–H and O–H groups in total. The van der Waals surface area contributed by atoms with Crippen molar-refractivity contribution in [2.24, 2.45) is 0 Å². The molecule has 1 aromatic carbocycles. The molecule has 2 rings (SSSR count). The van der Waals surface area contributed by atoms with Crippen molar-refractivity contribution in [3.63, 3.8) is 0 Å². The average Bonchev–Trinajstić information content (AvgIpc) is 2.67. The summed E-state index contributed by atoms with van der Waals surface area (Å²) in [6.45, 7) is 1.94. The zero-order chi connectivity index (χ0) is 19.6. The first kappa shape index (κ1) is 21.7. The van der Waals surface area contributed by atoms with Crippen LogP contribution in [0.2, 0.25) is 0 Å². The van der Waals surface area contributed by atoms with E-state index < -0.39 is 6.10 Å². The first-order valence-corrected chi connectivity index (χ1v) is 9.97. The molecule has 1 aliphatic carbocycles. The van der Waals surface area contributed by atoms with Crippen molar-refractivity contribution in [3.05, 3.63) is 29.8 Å². The second-order valence-corrected chi connectivity index (χ2v) is 7.69. The molecule has 0 unspecified atom stereocenters. The van der Waals surface area contributed by atoms with Crippen LogP contribution in [0.25, 0.3) is 0 Å². The molecule has 1 amide bonds. The van der Waals surface area contributed by atoms with Crippen LogP contribution in [-0.4, -0.2) is 73.8 Å². The van der Waals surface area contributed by atoms with Crippen LogP contribution in [0.3, 0.4) is 0 Å². The summed E-state index contributed by atoms with van der Waals surface area (Å²) in [5.74, 6) is 0.746. The lowest BCUT2D eigenvalue weighted by Crippen LogP contribution is -2.40. The molecule has 0 heterocycles. The summed E-state index contributed by atoms with van der Waals surface area (Å²) >= 11 is 0. The average molecular weight is 378 g/mol. The van der Waals surface area contributed by atoms with Gasteiger partial charge in [-0.1, -0.05) is 31.4 Å². The number of aliphatic hydroxyl groups excluding tert-OH is 1. The van der Waals surface area contributed by atoms with Gasteiger partial charge in [-0.3, -0.25) is 9.69 Å². The molecule has 1 aromatic rings. The number of carbonyl (C=O) groups is 1. The van der Waals surface area contributed by atoms with Crippen LogP contribution in [0.4, 0.5) is 0 Å². The van der Waals surface area contributed by atoms with Gasteiger partial charge in [0, 0.05) is 26.2 Å². The first-order valence-electron chi connectivity index (χ1n) is 9.97. The van der Waals surface area contributed by atoms with Gasteiger partial charge in [0.2, 0.25) is 5.91 Å². The summed E-state index contributed by atoms with van der Waals surface area (Å²) < 4.78 is 5.81. The SMILES string of the molecule is CNC(=O)CN(C)Cc1cccc(OC[C@@H](O)CN(C)C2CCCCC2)c1. The van der Waals surface area contributed by atoms with E-state index >= 15 is 0 Å². The smallest absolute Gasteiger partial charge is 0.233 e. The number of hydrogen-bond donors (Lipinski definition) is 2. The van der Waals surface area contributed by atoms with Gasteiger partial charge in [-0.05, 0) is 44.6 Å². The van der Waals surface area contributed by atoms with Crippen molar-refractivity contribution in [2.75, 3.05) is 40.8 Å². The second-order valence-electron chi connectivity index (χ2n) is 7.69. The van der Waals surface area contributed by atoms with Gasteiger partial charge >= 0.3 is 0 Å². The van der Waals surface area contributed by atoms with Crippen molar-refractivity contribution in [2.45, 2.75) is 50.8 Å². The summed E-state index contributed by atoms with van der Waals surface area (Å²) in [5, 5.41) is 13.0. The summed E-state index contributed by atoms with van der Waals surface area (Å²) in [5.41, 5.74) is 1.08. The molecule has 0 bridgehead atoms. The third-order valence-corrected chi connectivity index (χ3v) is 5.18. The highest BCUT2D eigenvalue weighted by Crippen LogP contribution is 2.22. The van der Waals surface area contributed by atoms with Crippen LogP contribution in [0.1, 0.15) is 37.7 Å². The fourth-order valence-corrected chi connectivity index (χ4v) is 3.67. The lowest BCUT2D eigenvalue weighted by Gasteiger charge is -2.32. The second kappa shape index (κ2) is 11.3. The zero-order valence-electron chi connectivity index (χ0n) is 17.0. The molecule has 27 heavy (non-hydrogen) atoms. The summed E-state index contributed by atoms with van der Waals surface area (Å²) in [6, 6.07) is 8.42. The minimum absolute atomic E-state index is 0.00453. The van der Waals surface area contributed by atoms with Crippen molar-refractivity contribution < 1.29 is 14.6 Å². The molecule has 152 valence electrons. The van der Waals surface area contributed by atoms with Gasteiger partial charge in [-0.2, -0.15) is 0 Å². The van der Waals surface area contributed by atoms with E-state index in [9.17, 15) is 9.90 Å². The van der Waals surface area contributed by atoms with Crippen molar-refractivity contribution in [1.29, 1.82) is 0 Å². The van der Waals surface area contributed by atoms with E-state index in [1.54, 1.807) is 7.05 Å². The van der Waals surface area contributed by atoms with Crippen molar-refractivity contribution in [3.8, 4) is 5.75 Å². The highest BCUT2D eigenvalue weighted by Gasteiger charge is 2.20. The largest absolute Gasteiger partial charge is 0.491 e. The van der Waals surface area contributed by atoms with Crippen LogP contribution in [-0.2, 0) is 11.3 Å². The van der Waals surface area contributed by atoms with Gasteiger partial charge in [-0.15, -0.1) is 0 Å². The molecular formula is C21H35N3O3. The van der Waals surface area contributed by atoms with E-state index in [1.165, 1.54) is 32.1 Å². The lowest BCUT2D eigenvalue weighted by atomic mass is 9.94. The Kier molecular flexibility index (Phi) is 9.04. The van der Waals surface area contributed by atoms with Crippen LogP contribution < -0.4 is 10.1 Å². The fourth-order valence-electron chi connectivity index (χ4n) is 3.67. The Balaban J connectivity index is 1.77. The maximum atomic E-state index is 11.4. The highest BCUT2D eigenvalue weighted by molar-refractivity contribution is 5.77. The van der Waals surface area contributed by atoms with Gasteiger partial charge in [-0.25, -0.2) is 0 Å². The van der Waals surface area contributed by atoms with Gasteiger partial charge in [0.15, 0.2) is 0 Å². The Labute approximate surface area is 163 Å². The van der Waals surface area contributed by atoms with Crippen molar-refractivity contribution in [1.82, 2.24) is 15.1 Å². The van der Waals surface area contributed by atoms with Crippen LogP contribution >= 0.6 is 0 Å². The molecule has 0 spiro atoms. The number of hydrogen-bond acceptors (Lipinski definition) is 5. The minimum Gasteiger partial charge on any atom is -0.491 e. The number of amides is 1. The van der Waals surface area contributed by atoms with E-state index in [1.807, 2.05) is 36.2 Å². The maximum Gasteiger partial charge on any atom is 0.233 e. The summed E-state index contributed by atoms with van der Waals surface area (Å²) in [6.07, 6.45) is 5.89. The Morgan fingerprint density at radius 3 is 2.74 bits per heavy atom. The molecule has 0 saturated heterocycles. The lowest BCUT2D eigenvalue weighted by molar-refractivity contribution is -0.121. The number of carbonyl (C=O) groups excluding carboxylic acids is 1. The molecule has 6 nitrogen and oxygen atoms in total. The Morgan fingerprint density at radius 2 is 2.04 bits per heavy atom. The zero-order valence-corrected chi connectivity index (χ0v) is 17.0. The highest BCUT2D eigenvalue weighted by atomic mass is 16.5. The van der Waals surface area contributed by atoms with E-state index in [0.717, 1.165) is 11.3 Å². The predicted octanol–water partition coefficient (Wildman–Crippen LogP) is 1.87. The molecular weight excluding hydrogens is 342 g/mol. The monoisotopic (exact) mass is 377 g/mol. The minimum atomic E-state index is -0.503. The van der Waals surface area contributed by atoms with E-state index in [4.69, 9.17) is 4.74 Å². The van der Waals surface area contributed by atoms with Gasteiger partial charge < -0.3 is 20.1 Å². The van der Waals surface area contributed by atoms with E-state index in [0.29, 0.717) is 25.7 Å². The first-order chi connectivity index (χ1) is 13.0. The molecule has 6 heteroatoms. The van der Waals surface area contributed by atoms with Crippen molar-refractivity contribution >= 4 is 5.91 Å². The number of nitrogens with one attached hydrogen (secondary N) is 1. The molecule has 1 atom stereocenters. The van der Waals surface area contributed by atoms with Crippen LogP contribution in [0, 0.1) is 0 Å². The molecule has 1 fully saturated rings. The quantitative estimate of drug-likeness (QED) is 0.652. The van der Waals surface area contributed by atoms with E-state index in [-0.39, 0.29) is 12.5 Å². The molecule has 1 saturated carbocycles.